The first-order valence-electron chi connectivity index (χ1n) is 17.8. The molecule has 2 atom stereocenters. The molecule has 4 aromatic rings. The number of pyridine rings is 2. The lowest BCUT2D eigenvalue weighted by Crippen LogP contribution is -2.47. The van der Waals surface area contributed by atoms with E-state index >= 15 is 0 Å². The smallest absolute Gasteiger partial charge is 0.457 e. The maximum atomic E-state index is 14.0. The third-order valence-corrected chi connectivity index (χ3v) is 10.1. The molecule has 2 aromatic carbocycles. The minimum absolute atomic E-state index is 0.000480. The van der Waals surface area contributed by atoms with Crippen LogP contribution in [0, 0.1) is 12.8 Å². The molecule has 0 saturated carbocycles. The number of carbonyl (C=O) groups excluding carboxylic acids is 3. The topological polar surface area (TPSA) is 126 Å². The Bertz CT molecular complexity index is 2020. The molecule has 1 amide bonds. The van der Waals surface area contributed by atoms with Crippen molar-refractivity contribution in [2.75, 3.05) is 5.32 Å². The molecule has 262 valence electrons. The van der Waals surface area contributed by atoms with Crippen molar-refractivity contribution in [1.82, 2.24) is 9.55 Å². The predicted molar refractivity (Wildman–Crippen MR) is 191 cm³/mol. The Hall–Kier alpha value is -4.99. The van der Waals surface area contributed by atoms with E-state index in [1.54, 1.807) is 41.8 Å². The fourth-order valence-electron chi connectivity index (χ4n) is 7.24. The van der Waals surface area contributed by atoms with Crippen LogP contribution in [0.2, 0.25) is 0 Å². The van der Waals surface area contributed by atoms with Crippen LogP contribution in [0.15, 0.2) is 53.3 Å². The number of esters is 1. The van der Waals surface area contributed by atoms with Gasteiger partial charge in [0.1, 0.15) is 13.2 Å². The van der Waals surface area contributed by atoms with E-state index < -0.39 is 17.7 Å². The summed E-state index contributed by atoms with van der Waals surface area (Å²) in [7, 11) is 0. The number of carbonyl (C=O) groups is 3. The molecular formula is C40H45N3O7. The van der Waals surface area contributed by atoms with Crippen molar-refractivity contribution in [3.8, 4) is 11.4 Å². The summed E-state index contributed by atoms with van der Waals surface area (Å²) in [5, 5.41) is 4.05. The van der Waals surface area contributed by atoms with Gasteiger partial charge in [-0.05, 0) is 74.1 Å². The van der Waals surface area contributed by atoms with Gasteiger partial charge in [0.15, 0.2) is 0 Å². The second-order valence-corrected chi connectivity index (χ2v) is 13.3. The van der Waals surface area contributed by atoms with Gasteiger partial charge in [0.2, 0.25) is 11.5 Å². The number of rotatable bonds is 12. The number of nitrogens with one attached hydrogen (secondary N) is 1. The van der Waals surface area contributed by atoms with Gasteiger partial charge >= 0.3 is 12.1 Å². The van der Waals surface area contributed by atoms with E-state index in [4.69, 9.17) is 19.2 Å². The standard InChI is InChI=1S/C40H45N3O7/c1-6-10-11-12-26(7-2)36(44)41-27-16-14-25(15-17-27)22-49-39(47)50-40(9-4)32-20-34-35-30(21-43(34)37(45)31(32)23-48-38(40)46)28(8-3)29-19-24(5)13-18-33(29)42-35/h13-20,26H,6-12,21-23H2,1-5H3,(H,41,44). The number of unbranched alkanes of at least 4 members (excludes halogenated alkanes) is 2. The Kier molecular flexibility index (Phi) is 10.1. The number of cyclic esters (lactones) is 1. The molecule has 1 N–H and O–H groups in total. The predicted octanol–water partition coefficient (Wildman–Crippen LogP) is 7.86. The van der Waals surface area contributed by atoms with Gasteiger partial charge in [-0.2, -0.15) is 0 Å². The van der Waals surface area contributed by atoms with Gasteiger partial charge in [-0.25, -0.2) is 14.6 Å². The van der Waals surface area contributed by atoms with Crippen molar-refractivity contribution in [1.29, 1.82) is 0 Å². The number of anilines is 1. The Morgan fingerprint density at radius 1 is 1.02 bits per heavy atom. The van der Waals surface area contributed by atoms with Crippen molar-refractivity contribution in [3.05, 3.63) is 92.3 Å². The van der Waals surface area contributed by atoms with Crippen LogP contribution in [0.4, 0.5) is 10.5 Å². The van der Waals surface area contributed by atoms with E-state index in [1.165, 1.54) is 0 Å². The fraction of sp³-hybridized carbons (Fsp3) is 0.425. The Morgan fingerprint density at radius 3 is 2.50 bits per heavy atom. The molecule has 0 aliphatic carbocycles. The van der Waals surface area contributed by atoms with Crippen LogP contribution < -0.4 is 10.9 Å². The number of amides is 1. The average Bonchev–Trinajstić information content (AvgIpc) is 3.48. The summed E-state index contributed by atoms with van der Waals surface area (Å²) in [6.45, 7) is 10.0. The van der Waals surface area contributed by atoms with Gasteiger partial charge in [0.25, 0.3) is 5.56 Å². The minimum atomic E-state index is -1.87. The zero-order valence-electron chi connectivity index (χ0n) is 29.5. The van der Waals surface area contributed by atoms with E-state index in [0.29, 0.717) is 34.7 Å². The summed E-state index contributed by atoms with van der Waals surface area (Å²) in [5.41, 5.74) is 5.03. The van der Waals surface area contributed by atoms with Gasteiger partial charge < -0.3 is 24.1 Å². The molecule has 10 nitrogen and oxygen atoms in total. The molecule has 0 radical (unpaired) electrons. The summed E-state index contributed by atoms with van der Waals surface area (Å²) in [4.78, 5) is 58.4. The number of benzene rings is 2. The second kappa shape index (κ2) is 14.5. The monoisotopic (exact) mass is 679 g/mol. The lowest BCUT2D eigenvalue weighted by molar-refractivity contribution is -0.175. The molecule has 0 spiro atoms. The third kappa shape index (κ3) is 6.39. The first-order chi connectivity index (χ1) is 24.1. The van der Waals surface area contributed by atoms with Crippen LogP contribution in [0.25, 0.3) is 22.3 Å². The van der Waals surface area contributed by atoms with Crippen LogP contribution in [0.1, 0.15) is 99.6 Å². The normalized spacial score (nSPS) is 16.6. The molecule has 2 aliphatic rings. The summed E-state index contributed by atoms with van der Waals surface area (Å²) in [6, 6.07) is 14.9. The molecule has 4 heterocycles. The van der Waals surface area contributed by atoms with E-state index in [2.05, 4.69) is 25.2 Å². The first kappa shape index (κ1) is 34.9. The summed E-state index contributed by atoms with van der Waals surface area (Å²) in [6.07, 6.45) is 4.60. The van der Waals surface area contributed by atoms with Crippen LogP contribution in [-0.4, -0.2) is 27.6 Å². The summed E-state index contributed by atoms with van der Waals surface area (Å²) >= 11 is 0. The van der Waals surface area contributed by atoms with Crippen molar-refractivity contribution >= 4 is 34.6 Å². The number of fused-ring (bicyclic) bond motifs is 5. The molecule has 2 aliphatic heterocycles. The maximum absolute atomic E-state index is 14.0. The lowest BCUT2D eigenvalue weighted by atomic mass is 9.85. The molecule has 2 aromatic heterocycles. The molecule has 50 heavy (non-hydrogen) atoms. The molecule has 0 fully saturated rings. The van der Waals surface area contributed by atoms with E-state index in [9.17, 15) is 19.2 Å². The van der Waals surface area contributed by atoms with E-state index in [-0.39, 0.29) is 42.6 Å². The summed E-state index contributed by atoms with van der Waals surface area (Å²) in [5.74, 6) is -0.800. The number of nitrogens with zero attached hydrogens (tertiary/aromatic N) is 2. The molecule has 6 rings (SSSR count). The highest BCUT2D eigenvalue weighted by Gasteiger charge is 2.51. The van der Waals surface area contributed by atoms with Gasteiger partial charge in [-0.15, -0.1) is 0 Å². The molecule has 10 heteroatoms. The van der Waals surface area contributed by atoms with Crippen molar-refractivity contribution in [2.24, 2.45) is 5.92 Å². The Labute approximate surface area is 292 Å². The number of hydrogen-bond acceptors (Lipinski definition) is 8. The van der Waals surface area contributed by atoms with E-state index in [0.717, 1.165) is 66.1 Å². The third-order valence-electron chi connectivity index (χ3n) is 10.1. The SMILES string of the molecule is CCCCCC(CC)C(=O)Nc1ccc(COC(=O)OC2(CC)C(=O)OCc3c2cc2n(c3=O)Cc3c-2nc2ccc(C)cc2c3CC)cc1. The molecule has 2 unspecified atom stereocenters. The molecular weight excluding hydrogens is 634 g/mol. The Morgan fingerprint density at radius 2 is 1.80 bits per heavy atom. The highest BCUT2D eigenvalue weighted by Crippen LogP contribution is 2.42. The second-order valence-electron chi connectivity index (χ2n) is 13.3. The number of ether oxygens (including phenoxy) is 3. The largest absolute Gasteiger partial charge is 0.510 e. The van der Waals surface area contributed by atoms with Gasteiger partial charge in [-0.3, -0.25) is 9.59 Å². The zero-order valence-corrected chi connectivity index (χ0v) is 29.5. The number of hydrogen-bond donors (Lipinski definition) is 1. The number of aromatic nitrogens is 2. The maximum Gasteiger partial charge on any atom is 0.510 e. The van der Waals surface area contributed by atoms with Crippen LogP contribution >= 0.6 is 0 Å². The first-order valence-corrected chi connectivity index (χ1v) is 17.8. The number of aryl methyl sites for hydroxylation is 2. The van der Waals surface area contributed by atoms with Gasteiger partial charge in [0.05, 0.1) is 29.0 Å². The van der Waals surface area contributed by atoms with Gasteiger partial charge in [0, 0.05) is 28.1 Å². The Balaban J connectivity index is 1.21. The van der Waals surface area contributed by atoms with Crippen molar-refractivity contribution in [2.45, 2.75) is 105 Å². The van der Waals surface area contributed by atoms with E-state index in [1.807, 2.05) is 26.0 Å². The van der Waals surface area contributed by atoms with Crippen LogP contribution in [0.5, 0.6) is 0 Å². The quantitative estimate of drug-likeness (QED) is 0.104. The zero-order chi connectivity index (χ0) is 35.6. The molecule has 0 saturated heterocycles. The van der Waals surface area contributed by atoms with Crippen molar-refractivity contribution in [3.63, 3.8) is 0 Å². The highest BCUT2D eigenvalue weighted by molar-refractivity contribution is 5.92. The van der Waals surface area contributed by atoms with Crippen LogP contribution in [0.3, 0.4) is 0 Å². The summed E-state index contributed by atoms with van der Waals surface area (Å²) < 4.78 is 18.4. The average molecular weight is 680 g/mol. The molecule has 0 bridgehead atoms. The lowest BCUT2D eigenvalue weighted by Gasteiger charge is -2.35. The minimum Gasteiger partial charge on any atom is -0.457 e. The van der Waals surface area contributed by atoms with Crippen LogP contribution in [-0.2, 0) is 55.6 Å². The van der Waals surface area contributed by atoms with Crippen molar-refractivity contribution < 1.29 is 28.6 Å². The fourth-order valence-corrected chi connectivity index (χ4v) is 7.24. The highest BCUT2D eigenvalue weighted by atomic mass is 16.7. The van der Waals surface area contributed by atoms with Gasteiger partial charge in [-0.1, -0.05) is 70.7 Å².